The molecule has 0 spiro atoms. The van der Waals surface area contributed by atoms with Crippen LogP contribution in [-0.4, -0.2) is 23.9 Å². The van der Waals surface area contributed by atoms with E-state index < -0.39 is 0 Å². The van der Waals surface area contributed by atoms with Gasteiger partial charge >= 0.3 is 0 Å². The van der Waals surface area contributed by atoms with Crippen LogP contribution in [0.5, 0.6) is 0 Å². The van der Waals surface area contributed by atoms with Gasteiger partial charge in [-0.2, -0.15) is 0 Å². The van der Waals surface area contributed by atoms with Crippen molar-refractivity contribution in [3.05, 3.63) is 29.3 Å². The molecule has 0 saturated heterocycles. The second-order valence-corrected chi connectivity index (χ2v) is 6.75. The third-order valence-corrected chi connectivity index (χ3v) is 4.86. The highest BCUT2D eigenvalue weighted by Gasteiger charge is 2.21. The Morgan fingerprint density at radius 2 is 1.17 bits per heavy atom. The smallest absolute Gasteiger partial charge is 0.251 e. The maximum absolute atomic E-state index is 12.4. The predicted molar refractivity (Wildman–Crippen MR) is 90.3 cm³/mol. The van der Waals surface area contributed by atoms with Gasteiger partial charge in [0.15, 0.2) is 0 Å². The van der Waals surface area contributed by atoms with Crippen LogP contribution in [0.4, 0.5) is 5.69 Å². The third-order valence-electron chi connectivity index (χ3n) is 4.86. The first-order valence-corrected chi connectivity index (χ1v) is 8.64. The highest BCUT2D eigenvalue weighted by Crippen LogP contribution is 2.20. The van der Waals surface area contributed by atoms with Gasteiger partial charge in [-0.15, -0.1) is 0 Å². The molecule has 2 aliphatic rings. The summed E-state index contributed by atoms with van der Waals surface area (Å²) in [5.74, 6) is -0.279. The molecule has 23 heavy (non-hydrogen) atoms. The van der Waals surface area contributed by atoms with Crippen LogP contribution in [0.15, 0.2) is 18.2 Å². The molecule has 4 N–H and O–H groups in total. The molecule has 0 atom stereocenters. The molecule has 2 saturated carbocycles. The Morgan fingerprint density at radius 3 is 1.57 bits per heavy atom. The number of anilines is 1. The molecule has 0 aromatic heterocycles. The Labute approximate surface area is 137 Å². The maximum Gasteiger partial charge on any atom is 0.251 e. The normalized spacial score (nSPS) is 19.0. The Bertz CT molecular complexity index is 540. The summed E-state index contributed by atoms with van der Waals surface area (Å²) in [5.41, 5.74) is 7.27. The van der Waals surface area contributed by atoms with Crippen molar-refractivity contribution in [1.29, 1.82) is 0 Å². The fraction of sp³-hybridized carbons (Fsp3) is 0.556. The highest BCUT2D eigenvalue weighted by molar-refractivity contribution is 6.01. The van der Waals surface area contributed by atoms with Gasteiger partial charge < -0.3 is 16.4 Å². The zero-order chi connectivity index (χ0) is 16.2. The van der Waals surface area contributed by atoms with Gasteiger partial charge in [-0.3, -0.25) is 9.59 Å². The first-order chi connectivity index (χ1) is 11.1. The lowest BCUT2D eigenvalue weighted by Crippen LogP contribution is -2.34. The summed E-state index contributed by atoms with van der Waals surface area (Å²) >= 11 is 0. The van der Waals surface area contributed by atoms with Crippen molar-refractivity contribution in [2.75, 3.05) is 5.73 Å². The quantitative estimate of drug-likeness (QED) is 0.747. The van der Waals surface area contributed by atoms with Gasteiger partial charge in [-0.25, -0.2) is 0 Å². The second kappa shape index (κ2) is 7.02. The van der Waals surface area contributed by atoms with Crippen molar-refractivity contribution >= 4 is 17.5 Å². The van der Waals surface area contributed by atoms with Crippen molar-refractivity contribution in [3.8, 4) is 0 Å². The number of nitrogens with one attached hydrogen (secondary N) is 2. The van der Waals surface area contributed by atoms with E-state index >= 15 is 0 Å². The van der Waals surface area contributed by atoms with E-state index in [2.05, 4.69) is 10.6 Å². The number of hydrogen-bond acceptors (Lipinski definition) is 3. The summed E-state index contributed by atoms with van der Waals surface area (Å²) in [4.78, 5) is 24.7. The topological polar surface area (TPSA) is 84.2 Å². The van der Waals surface area contributed by atoms with Crippen LogP contribution in [-0.2, 0) is 0 Å². The van der Waals surface area contributed by atoms with Gasteiger partial charge in [0.05, 0.1) is 0 Å². The standard InChI is InChI=1S/C18H25N3O2/c19-14-10-12(17(22)20-15-5-1-2-6-15)9-13(11-14)18(23)21-16-7-3-4-8-16/h9-11,15-16H,1-8,19H2,(H,20,22)(H,21,23). The Hall–Kier alpha value is -2.04. The molecule has 2 fully saturated rings. The summed E-state index contributed by atoms with van der Waals surface area (Å²) in [6.07, 6.45) is 8.78. The van der Waals surface area contributed by atoms with Gasteiger partial charge in [0.2, 0.25) is 0 Å². The summed E-state index contributed by atoms with van der Waals surface area (Å²) < 4.78 is 0. The molecule has 0 bridgehead atoms. The summed E-state index contributed by atoms with van der Waals surface area (Å²) in [6, 6.07) is 5.41. The number of carbonyl (C=O) groups excluding carboxylic acids is 2. The summed E-state index contributed by atoms with van der Waals surface area (Å²) in [5, 5.41) is 6.07. The van der Waals surface area contributed by atoms with Crippen LogP contribution in [0.2, 0.25) is 0 Å². The number of amides is 2. The minimum atomic E-state index is -0.140. The van der Waals surface area contributed by atoms with Crippen LogP contribution in [0.1, 0.15) is 72.1 Å². The molecular weight excluding hydrogens is 290 g/mol. The molecular formula is C18H25N3O2. The number of nitrogens with two attached hydrogens (primary N) is 1. The van der Waals surface area contributed by atoms with Crippen LogP contribution >= 0.6 is 0 Å². The summed E-state index contributed by atoms with van der Waals surface area (Å²) in [6.45, 7) is 0. The number of benzene rings is 1. The molecule has 2 amide bonds. The van der Waals surface area contributed by atoms with E-state index in [4.69, 9.17) is 5.73 Å². The molecule has 0 heterocycles. The van der Waals surface area contributed by atoms with E-state index in [1.807, 2.05) is 0 Å². The molecule has 0 aliphatic heterocycles. The van der Waals surface area contributed by atoms with Crippen LogP contribution < -0.4 is 16.4 Å². The average Bonchev–Trinajstić information content (AvgIpc) is 3.20. The zero-order valence-electron chi connectivity index (χ0n) is 13.4. The average molecular weight is 315 g/mol. The SMILES string of the molecule is Nc1cc(C(=O)NC2CCCC2)cc(C(=O)NC2CCCC2)c1. The predicted octanol–water partition coefficient (Wildman–Crippen LogP) is 2.61. The first kappa shape index (κ1) is 15.8. The van der Waals surface area contributed by atoms with Crippen LogP contribution in [0.25, 0.3) is 0 Å². The van der Waals surface area contributed by atoms with Gasteiger partial charge in [-0.1, -0.05) is 25.7 Å². The number of carbonyl (C=O) groups is 2. The largest absolute Gasteiger partial charge is 0.399 e. The number of hydrogen-bond donors (Lipinski definition) is 3. The van der Waals surface area contributed by atoms with Crippen molar-refractivity contribution < 1.29 is 9.59 Å². The molecule has 0 radical (unpaired) electrons. The second-order valence-electron chi connectivity index (χ2n) is 6.75. The van der Waals surface area contributed by atoms with E-state index in [0.717, 1.165) is 51.4 Å². The van der Waals surface area contributed by atoms with Gasteiger partial charge in [0.25, 0.3) is 11.8 Å². The van der Waals surface area contributed by atoms with E-state index in [0.29, 0.717) is 16.8 Å². The number of nitrogen functional groups attached to an aromatic ring is 1. The molecule has 5 heteroatoms. The Balaban J connectivity index is 1.69. The molecule has 2 aliphatic carbocycles. The lowest BCUT2D eigenvalue weighted by Gasteiger charge is -2.15. The highest BCUT2D eigenvalue weighted by atomic mass is 16.2. The fourth-order valence-corrected chi connectivity index (χ4v) is 3.59. The van der Waals surface area contributed by atoms with Crippen molar-refractivity contribution in [2.45, 2.75) is 63.5 Å². The van der Waals surface area contributed by atoms with Crippen LogP contribution in [0.3, 0.4) is 0 Å². The van der Waals surface area contributed by atoms with E-state index in [1.165, 1.54) is 0 Å². The Kier molecular flexibility index (Phi) is 4.84. The fourth-order valence-electron chi connectivity index (χ4n) is 3.59. The van der Waals surface area contributed by atoms with E-state index in [-0.39, 0.29) is 23.9 Å². The minimum absolute atomic E-state index is 0.140. The third kappa shape index (κ3) is 4.03. The van der Waals surface area contributed by atoms with Gasteiger partial charge in [0.1, 0.15) is 0 Å². The molecule has 1 aromatic rings. The Morgan fingerprint density at radius 1 is 0.783 bits per heavy atom. The van der Waals surface area contributed by atoms with Gasteiger partial charge in [-0.05, 0) is 43.9 Å². The molecule has 124 valence electrons. The zero-order valence-corrected chi connectivity index (χ0v) is 13.4. The first-order valence-electron chi connectivity index (χ1n) is 8.64. The van der Waals surface area contributed by atoms with Crippen molar-refractivity contribution in [3.63, 3.8) is 0 Å². The van der Waals surface area contributed by atoms with Crippen molar-refractivity contribution in [1.82, 2.24) is 10.6 Å². The molecule has 1 aromatic carbocycles. The van der Waals surface area contributed by atoms with E-state index in [1.54, 1.807) is 18.2 Å². The lowest BCUT2D eigenvalue weighted by atomic mass is 10.1. The molecule has 5 nitrogen and oxygen atoms in total. The van der Waals surface area contributed by atoms with E-state index in [9.17, 15) is 9.59 Å². The summed E-state index contributed by atoms with van der Waals surface area (Å²) in [7, 11) is 0. The number of rotatable bonds is 4. The minimum Gasteiger partial charge on any atom is -0.399 e. The molecule has 0 unspecified atom stereocenters. The van der Waals surface area contributed by atoms with Crippen molar-refractivity contribution in [2.24, 2.45) is 0 Å². The monoisotopic (exact) mass is 315 g/mol. The lowest BCUT2D eigenvalue weighted by molar-refractivity contribution is 0.0937. The van der Waals surface area contributed by atoms with Crippen LogP contribution in [0, 0.1) is 0 Å². The van der Waals surface area contributed by atoms with Gasteiger partial charge in [0, 0.05) is 28.9 Å². The maximum atomic E-state index is 12.4. The molecule has 3 rings (SSSR count).